The first-order valence-corrected chi connectivity index (χ1v) is 9.57. The smallest absolute Gasteiger partial charge is 0.491 e. The molecule has 164 valence electrons. The van der Waals surface area contributed by atoms with Crippen LogP contribution >= 0.6 is 0 Å². The van der Waals surface area contributed by atoms with Crippen LogP contribution in [0.4, 0.5) is 13.2 Å². The van der Waals surface area contributed by atoms with Crippen LogP contribution < -0.4 is 20.3 Å². The van der Waals surface area contributed by atoms with E-state index in [0.29, 0.717) is 17.9 Å². The molecular weight excluding hydrogens is 409 g/mol. The lowest BCUT2D eigenvalue weighted by Gasteiger charge is -2.17. The molecule has 0 saturated heterocycles. The first kappa shape index (κ1) is 22.4. The van der Waals surface area contributed by atoms with Crippen LogP contribution in [-0.2, 0) is 12.8 Å². The Morgan fingerprint density at radius 3 is 2.48 bits per heavy atom. The minimum atomic E-state index is -4.80. The average Bonchev–Trinajstić information content (AvgIpc) is 2.76. The van der Waals surface area contributed by atoms with Crippen molar-refractivity contribution in [2.75, 3.05) is 14.2 Å². The maximum Gasteiger partial charge on any atom is 0.491 e. The summed E-state index contributed by atoms with van der Waals surface area (Å²) in [5, 5.41) is 3.40. The highest BCUT2D eigenvalue weighted by Crippen LogP contribution is 2.32. The monoisotopic (exact) mass is 432 g/mol. The Kier molecular flexibility index (Phi) is 6.70. The molecule has 0 aliphatic rings. The molecule has 0 aliphatic carbocycles. The largest absolute Gasteiger partial charge is 0.497 e. The van der Waals surface area contributed by atoms with Gasteiger partial charge in [0.05, 0.1) is 14.2 Å². The van der Waals surface area contributed by atoms with Gasteiger partial charge in [0.1, 0.15) is 11.5 Å². The van der Waals surface area contributed by atoms with Gasteiger partial charge in [-0.15, -0.1) is 13.2 Å². The standard InChI is InChI=1S/C23H23F3N2O3/c1-15(17-5-4-6-19(12-17)30-2)27-13-16-7-9-21(31-3)20(11-16)18-8-10-22(29)28(14-18)23(24,25)26/h4-12,14-15,27H,13H2,1-3H3. The van der Waals surface area contributed by atoms with Gasteiger partial charge in [0.25, 0.3) is 5.56 Å². The van der Waals surface area contributed by atoms with E-state index in [1.54, 1.807) is 19.2 Å². The fourth-order valence-corrected chi connectivity index (χ4v) is 3.23. The summed E-state index contributed by atoms with van der Waals surface area (Å²) in [6.45, 7) is 2.49. The van der Waals surface area contributed by atoms with Gasteiger partial charge in [0.15, 0.2) is 0 Å². The second kappa shape index (κ2) is 9.26. The SMILES string of the molecule is COc1cccc(C(C)NCc2ccc(OC)c(-c3ccc(=O)n(C(F)(F)F)c3)c2)c1. The van der Waals surface area contributed by atoms with Gasteiger partial charge in [-0.3, -0.25) is 4.79 Å². The van der Waals surface area contributed by atoms with Gasteiger partial charge in [0.2, 0.25) is 0 Å². The highest BCUT2D eigenvalue weighted by Gasteiger charge is 2.31. The zero-order valence-electron chi connectivity index (χ0n) is 17.4. The molecular formula is C23H23F3N2O3. The molecule has 5 nitrogen and oxygen atoms in total. The van der Waals surface area contributed by atoms with E-state index < -0.39 is 11.9 Å². The van der Waals surface area contributed by atoms with Crippen LogP contribution in [-0.4, -0.2) is 18.8 Å². The number of methoxy groups -OCH3 is 2. The summed E-state index contributed by atoms with van der Waals surface area (Å²) in [7, 11) is 3.05. The number of ether oxygens (including phenoxy) is 2. The topological polar surface area (TPSA) is 52.5 Å². The molecule has 0 spiro atoms. The molecule has 0 aliphatic heterocycles. The van der Waals surface area contributed by atoms with Crippen molar-refractivity contribution >= 4 is 0 Å². The Hall–Kier alpha value is -3.26. The minimum absolute atomic E-state index is 0.0211. The van der Waals surface area contributed by atoms with E-state index in [1.807, 2.05) is 37.3 Å². The maximum absolute atomic E-state index is 13.1. The highest BCUT2D eigenvalue weighted by atomic mass is 19.4. The zero-order valence-corrected chi connectivity index (χ0v) is 17.4. The van der Waals surface area contributed by atoms with Crippen molar-refractivity contribution in [3.63, 3.8) is 0 Å². The third kappa shape index (κ3) is 5.27. The highest BCUT2D eigenvalue weighted by molar-refractivity contribution is 5.70. The Morgan fingerprint density at radius 1 is 1.03 bits per heavy atom. The van der Waals surface area contributed by atoms with Crippen LogP contribution in [0.2, 0.25) is 0 Å². The zero-order chi connectivity index (χ0) is 22.6. The lowest BCUT2D eigenvalue weighted by Crippen LogP contribution is -2.29. The summed E-state index contributed by atoms with van der Waals surface area (Å²) < 4.78 is 49.8. The van der Waals surface area contributed by atoms with Crippen LogP contribution in [0.15, 0.2) is 65.6 Å². The van der Waals surface area contributed by atoms with E-state index in [4.69, 9.17) is 9.47 Å². The van der Waals surface area contributed by atoms with Gasteiger partial charge in [0, 0.05) is 36.0 Å². The fourth-order valence-electron chi connectivity index (χ4n) is 3.23. The Morgan fingerprint density at radius 2 is 1.81 bits per heavy atom. The summed E-state index contributed by atoms with van der Waals surface area (Å²) in [6, 6.07) is 15.3. The fraction of sp³-hybridized carbons (Fsp3) is 0.261. The van der Waals surface area contributed by atoms with E-state index in [0.717, 1.165) is 29.1 Å². The van der Waals surface area contributed by atoms with Gasteiger partial charge in [-0.05, 0) is 48.4 Å². The molecule has 0 radical (unpaired) electrons. The van der Waals surface area contributed by atoms with Crippen molar-refractivity contribution in [1.29, 1.82) is 0 Å². The summed E-state index contributed by atoms with van der Waals surface area (Å²) in [5.41, 5.74) is 1.46. The van der Waals surface area contributed by atoms with Crippen molar-refractivity contribution in [3.8, 4) is 22.6 Å². The summed E-state index contributed by atoms with van der Waals surface area (Å²) in [4.78, 5) is 11.6. The van der Waals surface area contributed by atoms with E-state index in [-0.39, 0.29) is 16.2 Å². The summed E-state index contributed by atoms with van der Waals surface area (Å²) in [5.74, 6) is 1.18. The molecule has 1 N–H and O–H groups in total. The molecule has 1 unspecified atom stereocenters. The van der Waals surface area contributed by atoms with Gasteiger partial charge in [-0.25, -0.2) is 4.57 Å². The van der Waals surface area contributed by atoms with Crippen molar-refractivity contribution < 1.29 is 22.6 Å². The van der Waals surface area contributed by atoms with Crippen molar-refractivity contribution in [1.82, 2.24) is 9.88 Å². The van der Waals surface area contributed by atoms with Crippen LogP contribution in [0.1, 0.15) is 24.1 Å². The second-order valence-corrected chi connectivity index (χ2v) is 7.01. The molecule has 3 aromatic rings. The molecule has 0 bridgehead atoms. The molecule has 1 atom stereocenters. The van der Waals surface area contributed by atoms with Gasteiger partial charge in [-0.1, -0.05) is 18.2 Å². The van der Waals surface area contributed by atoms with Gasteiger partial charge >= 0.3 is 6.30 Å². The minimum Gasteiger partial charge on any atom is -0.497 e. The average molecular weight is 432 g/mol. The maximum atomic E-state index is 13.1. The van der Waals surface area contributed by atoms with Crippen LogP contribution in [0.5, 0.6) is 11.5 Å². The van der Waals surface area contributed by atoms with E-state index >= 15 is 0 Å². The predicted molar refractivity (Wildman–Crippen MR) is 112 cm³/mol. The number of nitrogens with one attached hydrogen (secondary N) is 1. The normalized spacial score (nSPS) is 12.5. The Labute approximate surface area is 178 Å². The Balaban J connectivity index is 1.87. The van der Waals surface area contributed by atoms with Crippen LogP contribution in [0.3, 0.4) is 0 Å². The lowest BCUT2D eigenvalue weighted by atomic mass is 10.0. The number of benzene rings is 2. The summed E-state index contributed by atoms with van der Waals surface area (Å²) in [6.07, 6.45) is -4.01. The number of pyridine rings is 1. The molecule has 3 rings (SSSR count). The van der Waals surface area contributed by atoms with Crippen molar-refractivity contribution in [3.05, 3.63) is 82.3 Å². The lowest BCUT2D eigenvalue weighted by molar-refractivity contribution is -0.206. The molecule has 1 aromatic heterocycles. The number of alkyl halides is 3. The number of aromatic nitrogens is 1. The number of rotatable bonds is 7. The van der Waals surface area contributed by atoms with E-state index in [2.05, 4.69) is 5.32 Å². The molecule has 0 saturated carbocycles. The molecule has 31 heavy (non-hydrogen) atoms. The van der Waals surface area contributed by atoms with E-state index in [9.17, 15) is 18.0 Å². The number of hydrogen-bond acceptors (Lipinski definition) is 4. The number of halogens is 3. The quantitative estimate of drug-likeness (QED) is 0.579. The first-order chi connectivity index (χ1) is 14.7. The third-order valence-electron chi connectivity index (χ3n) is 4.97. The molecule has 1 heterocycles. The third-order valence-corrected chi connectivity index (χ3v) is 4.97. The predicted octanol–water partition coefficient (Wildman–Crippen LogP) is 4.86. The second-order valence-electron chi connectivity index (χ2n) is 7.01. The van der Waals surface area contributed by atoms with Crippen molar-refractivity contribution in [2.45, 2.75) is 25.8 Å². The van der Waals surface area contributed by atoms with Crippen LogP contribution in [0, 0.1) is 0 Å². The molecule has 8 heteroatoms. The van der Waals surface area contributed by atoms with Gasteiger partial charge < -0.3 is 14.8 Å². The number of hydrogen-bond donors (Lipinski definition) is 1. The summed E-state index contributed by atoms with van der Waals surface area (Å²) >= 11 is 0. The number of nitrogens with zero attached hydrogens (tertiary/aromatic N) is 1. The molecule has 0 amide bonds. The molecule has 0 fully saturated rings. The van der Waals surface area contributed by atoms with Crippen LogP contribution in [0.25, 0.3) is 11.1 Å². The first-order valence-electron chi connectivity index (χ1n) is 9.57. The Bertz CT molecular complexity index is 1110. The van der Waals surface area contributed by atoms with E-state index in [1.165, 1.54) is 13.2 Å². The molecule has 2 aromatic carbocycles. The van der Waals surface area contributed by atoms with Gasteiger partial charge in [-0.2, -0.15) is 0 Å². The van der Waals surface area contributed by atoms with Crippen molar-refractivity contribution in [2.24, 2.45) is 0 Å².